The van der Waals surface area contributed by atoms with Crippen LogP contribution < -0.4 is 14.8 Å². The second-order valence-electron chi connectivity index (χ2n) is 6.52. The fourth-order valence-electron chi connectivity index (χ4n) is 2.85. The van der Waals surface area contributed by atoms with Crippen LogP contribution in [0.15, 0.2) is 47.0 Å². The Bertz CT molecular complexity index is 1050. The van der Waals surface area contributed by atoms with Crippen molar-refractivity contribution in [1.82, 2.24) is 5.16 Å². The van der Waals surface area contributed by atoms with Crippen molar-refractivity contribution in [3.63, 3.8) is 0 Å². The van der Waals surface area contributed by atoms with Crippen molar-refractivity contribution in [2.45, 2.75) is 27.4 Å². The van der Waals surface area contributed by atoms with E-state index in [0.29, 0.717) is 35.2 Å². The SMILES string of the molecule is CCOc1ccc(C(=O)Nc2cccc(C(=O)O)c2)c(OCc2c(C)noc2C)c1. The van der Waals surface area contributed by atoms with Crippen LogP contribution in [0.25, 0.3) is 0 Å². The van der Waals surface area contributed by atoms with Crippen molar-refractivity contribution in [2.75, 3.05) is 11.9 Å². The zero-order chi connectivity index (χ0) is 21.7. The van der Waals surface area contributed by atoms with E-state index in [1.54, 1.807) is 37.3 Å². The third-order valence-electron chi connectivity index (χ3n) is 4.43. The predicted octanol–water partition coefficient (Wildman–Crippen LogP) is 4.22. The van der Waals surface area contributed by atoms with Gasteiger partial charge in [-0.05, 0) is 51.1 Å². The third kappa shape index (κ3) is 4.78. The number of ether oxygens (including phenoxy) is 2. The Hall–Kier alpha value is -3.81. The summed E-state index contributed by atoms with van der Waals surface area (Å²) < 4.78 is 16.6. The van der Waals surface area contributed by atoms with Crippen molar-refractivity contribution >= 4 is 17.6 Å². The lowest BCUT2D eigenvalue weighted by Crippen LogP contribution is -2.14. The van der Waals surface area contributed by atoms with Gasteiger partial charge in [0.1, 0.15) is 23.9 Å². The molecule has 0 unspecified atom stereocenters. The molecule has 0 saturated carbocycles. The maximum absolute atomic E-state index is 12.9. The number of anilines is 1. The number of carbonyl (C=O) groups is 2. The molecule has 8 heteroatoms. The van der Waals surface area contributed by atoms with Crippen LogP contribution in [0.1, 0.15) is 44.7 Å². The van der Waals surface area contributed by atoms with Gasteiger partial charge in [-0.3, -0.25) is 4.79 Å². The summed E-state index contributed by atoms with van der Waals surface area (Å²) in [4.78, 5) is 24.0. The van der Waals surface area contributed by atoms with Gasteiger partial charge in [0.25, 0.3) is 5.91 Å². The summed E-state index contributed by atoms with van der Waals surface area (Å²) in [6.45, 7) is 6.11. The van der Waals surface area contributed by atoms with Crippen LogP contribution in [-0.2, 0) is 6.61 Å². The minimum atomic E-state index is -1.07. The number of aryl methyl sites for hydroxylation is 2. The molecular weight excluding hydrogens is 388 g/mol. The van der Waals surface area contributed by atoms with Crippen molar-refractivity contribution in [1.29, 1.82) is 0 Å². The minimum absolute atomic E-state index is 0.0781. The van der Waals surface area contributed by atoms with E-state index in [0.717, 1.165) is 5.56 Å². The lowest BCUT2D eigenvalue weighted by Gasteiger charge is -2.14. The number of carboxylic acids is 1. The van der Waals surface area contributed by atoms with E-state index in [4.69, 9.17) is 19.1 Å². The van der Waals surface area contributed by atoms with E-state index in [1.807, 2.05) is 13.8 Å². The number of hydrogen-bond donors (Lipinski definition) is 2. The number of rotatable bonds is 8. The number of aromatic nitrogens is 1. The van der Waals surface area contributed by atoms with E-state index in [1.165, 1.54) is 12.1 Å². The summed E-state index contributed by atoms with van der Waals surface area (Å²) in [6, 6.07) is 10.9. The van der Waals surface area contributed by atoms with Gasteiger partial charge in [-0.15, -0.1) is 0 Å². The maximum atomic E-state index is 12.9. The van der Waals surface area contributed by atoms with Crippen LogP contribution in [0.5, 0.6) is 11.5 Å². The fourth-order valence-corrected chi connectivity index (χ4v) is 2.85. The third-order valence-corrected chi connectivity index (χ3v) is 4.43. The molecule has 8 nitrogen and oxygen atoms in total. The van der Waals surface area contributed by atoms with Gasteiger partial charge in [-0.2, -0.15) is 0 Å². The zero-order valence-corrected chi connectivity index (χ0v) is 16.9. The molecule has 1 heterocycles. The molecule has 0 aliphatic heterocycles. The molecule has 0 saturated heterocycles. The second-order valence-corrected chi connectivity index (χ2v) is 6.52. The predicted molar refractivity (Wildman–Crippen MR) is 109 cm³/mol. The summed E-state index contributed by atoms with van der Waals surface area (Å²) in [5.41, 5.74) is 2.24. The Morgan fingerprint density at radius 2 is 1.93 bits per heavy atom. The molecular formula is C22H22N2O6. The van der Waals surface area contributed by atoms with Gasteiger partial charge in [-0.25, -0.2) is 4.79 Å². The van der Waals surface area contributed by atoms with E-state index in [-0.39, 0.29) is 17.7 Å². The van der Waals surface area contributed by atoms with Gasteiger partial charge in [0.2, 0.25) is 0 Å². The molecule has 1 amide bonds. The fraction of sp³-hybridized carbons (Fsp3) is 0.227. The largest absolute Gasteiger partial charge is 0.494 e. The molecule has 0 bridgehead atoms. The number of benzene rings is 2. The number of aromatic carboxylic acids is 1. The highest BCUT2D eigenvalue weighted by atomic mass is 16.5. The molecule has 156 valence electrons. The molecule has 2 aromatic carbocycles. The van der Waals surface area contributed by atoms with Gasteiger partial charge in [-0.1, -0.05) is 11.2 Å². The standard InChI is InChI=1S/C22H22N2O6/c1-4-28-17-8-9-18(20(11-17)29-12-19-13(2)24-30-14(19)3)21(25)23-16-7-5-6-15(10-16)22(26)27/h5-11H,4,12H2,1-3H3,(H,23,25)(H,26,27). The topological polar surface area (TPSA) is 111 Å². The Kier molecular flexibility index (Phi) is 6.36. The van der Waals surface area contributed by atoms with Crippen molar-refractivity contribution in [2.24, 2.45) is 0 Å². The number of hydrogen-bond acceptors (Lipinski definition) is 6. The van der Waals surface area contributed by atoms with E-state index >= 15 is 0 Å². The van der Waals surface area contributed by atoms with Crippen LogP contribution in [0.4, 0.5) is 5.69 Å². The number of carboxylic acid groups (broad SMARTS) is 1. The molecule has 0 radical (unpaired) electrons. The van der Waals surface area contributed by atoms with Crippen molar-refractivity contribution < 1.29 is 28.7 Å². The zero-order valence-electron chi connectivity index (χ0n) is 16.9. The van der Waals surface area contributed by atoms with Crippen LogP contribution in [0.2, 0.25) is 0 Å². The monoisotopic (exact) mass is 410 g/mol. The first-order chi connectivity index (χ1) is 14.4. The van der Waals surface area contributed by atoms with Gasteiger partial charge < -0.3 is 24.4 Å². The second kappa shape index (κ2) is 9.13. The summed E-state index contributed by atoms with van der Waals surface area (Å²) >= 11 is 0. The lowest BCUT2D eigenvalue weighted by atomic mass is 10.1. The number of nitrogens with zero attached hydrogens (tertiary/aromatic N) is 1. The summed E-state index contributed by atoms with van der Waals surface area (Å²) in [6.07, 6.45) is 0. The first-order valence-electron chi connectivity index (χ1n) is 9.35. The average molecular weight is 410 g/mol. The van der Waals surface area contributed by atoms with Crippen LogP contribution in [-0.4, -0.2) is 28.7 Å². The summed E-state index contributed by atoms with van der Waals surface area (Å²) in [5.74, 6) is 0.0264. The molecule has 0 spiro atoms. The molecule has 1 aromatic heterocycles. The highest BCUT2D eigenvalue weighted by Gasteiger charge is 2.17. The smallest absolute Gasteiger partial charge is 0.335 e. The van der Waals surface area contributed by atoms with Crippen LogP contribution >= 0.6 is 0 Å². The normalized spacial score (nSPS) is 10.5. The highest BCUT2D eigenvalue weighted by Crippen LogP contribution is 2.28. The Balaban J connectivity index is 1.86. The number of carbonyl (C=O) groups excluding carboxylic acids is 1. The number of nitrogens with one attached hydrogen (secondary N) is 1. The molecule has 0 atom stereocenters. The molecule has 0 aliphatic rings. The Labute approximate surface area is 173 Å². The van der Waals surface area contributed by atoms with Crippen LogP contribution in [0.3, 0.4) is 0 Å². The lowest BCUT2D eigenvalue weighted by molar-refractivity contribution is 0.0696. The van der Waals surface area contributed by atoms with Crippen molar-refractivity contribution in [3.05, 3.63) is 70.6 Å². The van der Waals surface area contributed by atoms with E-state index in [9.17, 15) is 9.59 Å². The van der Waals surface area contributed by atoms with Crippen molar-refractivity contribution in [3.8, 4) is 11.5 Å². The maximum Gasteiger partial charge on any atom is 0.335 e. The van der Waals surface area contributed by atoms with Gasteiger partial charge in [0.15, 0.2) is 0 Å². The summed E-state index contributed by atoms with van der Waals surface area (Å²) in [7, 11) is 0. The first kappa shape index (κ1) is 20.9. The molecule has 2 N–H and O–H groups in total. The highest BCUT2D eigenvalue weighted by molar-refractivity contribution is 6.06. The van der Waals surface area contributed by atoms with Gasteiger partial charge in [0.05, 0.1) is 29.0 Å². The quantitative estimate of drug-likeness (QED) is 0.572. The summed E-state index contributed by atoms with van der Waals surface area (Å²) in [5, 5.41) is 15.7. The molecule has 30 heavy (non-hydrogen) atoms. The van der Waals surface area contributed by atoms with E-state index < -0.39 is 11.9 Å². The molecule has 0 aliphatic carbocycles. The van der Waals surface area contributed by atoms with E-state index in [2.05, 4.69) is 10.5 Å². The molecule has 3 aromatic rings. The van der Waals surface area contributed by atoms with Crippen LogP contribution in [0, 0.1) is 13.8 Å². The molecule has 3 rings (SSSR count). The average Bonchev–Trinajstić information content (AvgIpc) is 3.04. The number of amides is 1. The minimum Gasteiger partial charge on any atom is -0.494 e. The van der Waals surface area contributed by atoms with Gasteiger partial charge in [0, 0.05) is 11.8 Å². The van der Waals surface area contributed by atoms with Gasteiger partial charge >= 0.3 is 5.97 Å². The first-order valence-corrected chi connectivity index (χ1v) is 9.35. The molecule has 0 fully saturated rings. The Morgan fingerprint density at radius 3 is 2.60 bits per heavy atom. The Morgan fingerprint density at radius 1 is 1.13 bits per heavy atom.